The van der Waals surface area contributed by atoms with Crippen LogP contribution in [-0.4, -0.2) is 29.9 Å². The van der Waals surface area contributed by atoms with Crippen LogP contribution in [-0.2, 0) is 11.3 Å². The van der Waals surface area contributed by atoms with E-state index in [9.17, 15) is 4.79 Å². The second kappa shape index (κ2) is 6.44. The Morgan fingerprint density at radius 1 is 1.58 bits per heavy atom. The quantitative estimate of drug-likeness (QED) is 0.925. The van der Waals surface area contributed by atoms with Crippen molar-refractivity contribution < 1.29 is 9.21 Å². The molecule has 1 N–H and O–H groups in total. The van der Waals surface area contributed by atoms with E-state index < -0.39 is 0 Å². The van der Waals surface area contributed by atoms with Gasteiger partial charge in [-0.3, -0.25) is 4.79 Å². The molecule has 0 spiro atoms. The number of nitrogens with zero attached hydrogens (tertiary/aromatic N) is 1. The number of piperidine rings is 1. The predicted octanol–water partition coefficient (Wildman–Crippen LogP) is 2.67. The molecular formula is C14H21ClN2O2. The molecule has 2 rings (SSSR count). The Balaban J connectivity index is 1.87. The van der Waals surface area contributed by atoms with Crippen LogP contribution in [0.3, 0.4) is 0 Å². The molecule has 1 fully saturated rings. The number of furan rings is 1. The van der Waals surface area contributed by atoms with Gasteiger partial charge in [-0.2, -0.15) is 0 Å². The number of halogens is 1. The fourth-order valence-electron chi connectivity index (χ4n) is 2.68. The second-order valence-electron chi connectivity index (χ2n) is 5.12. The van der Waals surface area contributed by atoms with Crippen LogP contribution in [0.25, 0.3) is 0 Å². The van der Waals surface area contributed by atoms with Crippen LogP contribution in [0.2, 0.25) is 5.22 Å². The summed E-state index contributed by atoms with van der Waals surface area (Å²) in [5, 5.41) is 3.95. The highest BCUT2D eigenvalue weighted by Gasteiger charge is 2.28. The molecule has 0 bridgehead atoms. The maximum absolute atomic E-state index is 11.4. The van der Waals surface area contributed by atoms with Gasteiger partial charge in [-0.05, 0) is 36.1 Å². The summed E-state index contributed by atoms with van der Waals surface area (Å²) in [6.45, 7) is 6.19. The number of amides is 1. The Bertz CT molecular complexity index is 433. The van der Waals surface area contributed by atoms with Gasteiger partial charge in [0.1, 0.15) is 5.76 Å². The van der Waals surface area contributed by atoms with Crippen LogP contribution >= 0.6 is 11.6 Å². The molecule has 0 unspecified atom stereocenters. The molecule has 0 aliphatic carbocycles. The summed E-state index contributed by atoms with van der Waals surface area (Å²) >= 11 is 5.75. The third kappa shape index (κ3) is 3.74. The number of carbonyl (C=O) groups is 1. The molecule has 2 atom stereocenters. The van der Waals surface area contributed by atoms with E-state index in [4.69, 9.17) is 16.0 Å². The number of likely N-dealkylation sites (tertiary alicyclic amines) is 1. The lowest BCUT2D eigenvalue weighted by atomic mass is 9.90. The average Bonchev–Trinajstić information content (AvgIpc) is 2.81. The van der Waals surface area contributed by atoms with Gasteiger partial charge in [0.05, 0.1) is 6.54 Å². The summed E-state index contributed by atoms with van der Waals surface area (Å²) in [7, 11) is 0. The minimum atomic E-state index is 0.176. The molecule has 4 nitrogen and oxygen atoms in total. The molecule has 1 amide bonds. The number of rotatable bonds is 4. The monoisotopic (exact) mass is 284 g/mol. The van der Waals surface area contributed by atoms with Crippen molar-refractivity contribution in [3.8, 4) is 0 Å². The van der Waals surface area contributed by atoms with E-state index in [1.165, 1.54) is 0 Å². The first-order valence-electron chi connectivity index (χ1n) is 6.83. The number of hydrogen-bond donors (Lipinski definition) is 1. The van der Waals surface area contributed by atoms with E-state index in [0.717, 1.165) is 31.7 Å². The van der Waals surface area contributed by atoms with Crippen LogP contribution < -0.4 is 5.32 Å². The Morgan fingerprint density at radius 2 is 2.37 bits per heavy atom. The van der Waals surface area contributed by atoms with Gasteiger partial charge in [-0.1, -0.05) is 13.3 Å². The van der Waals surface area contributed by atoms with Crippen molar-refractivity contribution in [2.75, 3.05) is 13.1 Å². The summed E-state index contributed by atoms with van der Waals surface area (Å²) < 4.78 is 5.34. The largest absolute Gasteiger partial charge is 0.448 e. The Kier molecular flexibility index (Phi) is 4.88. The summed E-state index contributed by atoms with van der Waals surface area (Å²) in [4.78, 5) is 13.4. The van der Waals surface area contributed by atoms with Gasteiger partial charge in [0.15, 0.2) is 5.22 Å². The van der Waals surface area contributed by atoms with Gasteiger partial charge in [0, 0.05) is 26.1 Å². The first-order chi connectivity index (χ1) is 9.10. The normalized spacial score (nSPS) is 23.6. The molecule has 0 saturated carbocycles. The standard InChI is InChI=1S/C14H21ClN2O2/c1-3-11-9-17(10(2)18)7-6-13(11)16-8-12-4-5-14(15)19-12/h4-5,11,13,16H,3,6-9H2,1-2H3/t11-,13-/m0/s1. The Labute approximate surface area is 119 Å². The van der Waals surface area contributed by atoms with Gasteiger partial charge >= 0.3 is 0 Å². The number of carbonyl (C=O) groups excluding carboxylic acids is 1. The fourth-order valence-corrected chi connectivity index (χ4v) is 2.84. The summed E-state index contributed by atoms with van der Waals surface area (Å²) in [6.07, 6.45) is 2.06. The van der Waals surface area contributed by atoms with Gasteiger partial charge in [-0.25, -0.2) is 0 Å². The lowest BCUT2D eigenvalue weighted by Crippen LogP contribution is -2.50. The fraction of sp³-hybridized carbons (Fsp3) is 0.643. The van der Waals surface area contributed by atoms with E-state index in [1.807, 2.05) is 11.0 Å². The van der Waals surface area contributed by atoms with Crippen LogP contribution in [0.5, 0.6) is 0 Å². The van der Waals surface area contributed by atoms with Crippen LogP contribution in [0.4, 0.5) is 0 Å². The van der Waals surface area contributed by atoms with E-state index in [-0.39, 0.29) is 5.91 Å². The minimum absolute atomic E-state index is 0.176. The lowest BCUT2D eigenvalue weighted by Gasteiger charge is -2.38. The lowest BCUT2D eigenvalue weighted by molar-refractivity contribution is -0.131. The van der Waals surface area contributed by atoms with Gasteiger partial charge in [0.25, 0.3) is 0 Å². The number of nitrogens with one attached hydrogen (secondary N) is 1. The molecule has 1 aromatic heterocycles. The third-order valence-corrected chi connectivity index (χ3v) is 4.07. The second-order valence-corrected chi connectivity index (χ2v) is 5.49. The molecule has 5 heteroatoms. The zero-order valence-corrected chi connectivity index (χ0v) is 12.2. The summed E-state index contributed by atoms with van der Waals surface area (Å²) in [5.41, 5.74) is 0. The van der Waals surface area contributed by atoms with E-state index in [0.29, 0.717) is 23.7 Å². The molecule has 0 aromatic carbocycles. The third-order valence-electron chi connectivity index (χ3n) is 3.87. The van der Waals surface area contributed by atoms with E-state index in [1.54, 1.807) is 13.0 Å². The van der Waals surface area contributed by atoms with Crippen molar-refractivity contribution in [1.82, 2.24) is 10.2 Å². The maximum Gasteiger partial charge on any atom is 0.219 e. The van der Waals surface area contributed by atoms with Crippen LogP contribution in [0.15, 0.2) is 16.5 Å². The van der Waals surface area contributed by atoms with Gasteiger partial charge in [0.2, 0.25) is 5.91 Å². The molecule has 19 heavy (non-hydrogen) atoms. The first kappa shape index (κ1) is 14.4. The molecule has 1 saturated heterocycles. The van der Waals surface area contributed by atoms with Gasteiger partial charge in [-0.15, -0.1) is 0 Å². The smallest absolute Gasteiger partial charge is 0.219 e. The van der Waals surface area contributed by atoms with Crippen LogP contribution in [0.1, 0.15) is 32.4 Å². The summed E-state index contributed by atoms with van der Waals surface area (Å²) in [5.74, 6) is 1.53. The zero-order chi connectivity index (χ0) is 13.8. The van der Waals surface area contributed by atoms with Crippen molar-refractivity contribution >= 4 is 17.5 Å². The molecule has 2 heterocycles. The molecular weight excluding hydrogens is 264 g/mol. The Hall–Kier alpha value is -1.00. The van der Waals surface area contributed by atoms with Crippen molar-refractivity contribution in [1.29, 1.82) is 0 Å². The SMILES string of the molecule is CC[C@H]1CN(C(C)=O)CC[C@@H]1NCc1ccc(Cl)o1. The van der Waals surface area contributed by atoms with Crippen molar-refractivity contribution in [3.05, 3.63) is 23.1 Å². The van der Waals surface area contributed by atoms with Gasteiger partial charge < -0.3 is 14.6 Å². The van der Waals surface area contributed by atoms with Crippen molar-refractivity contribution in [2.45, 2.75) is 39.3 Å². The highest BCUT2D eigenvalue weighted by molar-refractivity contribution is 6.28. The topological polar surface area (TPSA) is 45.5 Å². The van der Waals surface area contributed by atoms with Crippen LogP contribution in [0, 0.1) is 5.92 Å². The molecule has 1 aliphatic rings. The maximum atomic E-state index is 11.4. The average molecular weight is 285 g/mol. The molecule has 1 aliphatic heterocycles. The van der Waals surface area contributed by atoms with E-state index >= 15 is 0 Å². The molecule has 106 valence electrons. The van der Waals surface area contributed by atoms with E-state index in [2.05, 4.69) is 12.2 Å². The number of hydrogen-bond acceptors (Lipinski definition) is 3. The predicted molar refractivity (Wildman–Crippen MR) is 75.0 cm³/mol. The van der Waals surface area contributed by atoms with Crippen molar-refractivity contribution in [3.63, 3.8) is 0 Å². The molecule has 0 radical (unpaired) electrons. The highest BCUT2D eigenvalue weighted by atomic mass is 35.5. The highest BCUT2D eigenvalue weighted by Crippen LogP contribution is 2.21. The summed E-state index contributed by atoms with van der Waals surface area (Å²) in [6, 6.07) is 4.08. The Morgan fingerprint density at radius 3 is 2.95 bits per heavy atom. The van der Waals surface area contributed by atoms with Crippen molar-refractivity contribution in [2.24, 2.45) is 5.92 Å². The molecule has 1 aromatic rings. The first-order valence-corrected chi connectivity index (χ1v) is 7.21. The minimum Gasteiger partial charge on any atom is -0.448 e. The zero-order valence-electron chi connectivity index (χ0n) is 11.5.